The molecule has 0 aliphatic carbocycles. The number of carbonyl (C=O) groups is 2. The van der Waals surface area contributed by atoms with Crippen molar-refractivity contribution in [2.75, 3.05) is 18.5 Å². The minimum absolute atomic E-state index is 0.00875. The minimum atomic E-state index is -0.518. The quantitative estimate of drug-likeness (QED) is 0.351. The molecular weight excluding hydrogens is 394 g/mol. The highest BCUT2D eigenvalue weighted by atomic mass is 35.5. The predicted octanol–water partition coefficient (Wildman–Crippen LogP) is 3.87. The maximum absolute atomic E-state index is 12.8. The molecular formula is C21H24ClN3O2S. The van der Waals surface area contributed by atoms with Gasteiger partial charge in [-0.2, -0.15) is 0 Å². The number of nitrogens with one attached hydrogen (secondary N) is 1. The Bertz CT molecular complexity index is 922. The van der Waals surface area contributed by atoms with Crippen LogP contribution in [0.25, 0.3) is 6.08 Å². The van der Waals surface area contributed by atoms with Gasteiger partial charge in [-0.1, -0.05) is 24.6 Å². The highest BCUT2D eigenvalue weighted by Crippen LogP contribution is 2.44. The standard InChI is InChI=1S/C21H24ClN3O2S/c1-6-7-25-19(27)15(18(26)23-20(25)28)9-13-8-14-12(2)11-21(3,4)24(5)17(14)10-16(13)22/h6,8-10,12H,1,7,11H2,2-5H3,(H,23,26,28)/b15-9-/t12-/m0/s1. The largest absolute Gasteiger partial charge is 0.369 e. The van der Waals surface area contributed by atoms with Crippen LogP contribution >= 0.6 is 23.8 Å². The summed E-state index contributed by atoms with van der Waals surface area (Å²) in [7, 11) is 2.06. The lowest BCUT2D eigenvalue weighted by molar-refractivity contribution is -0.128. The topological polar surface area (TPSA) is 52.7 Å². The van der Waals surface area contributed by atoms with E-state index in [4.69, 9.17) is 23.8 Å². The molecule has 2 aliphatic rings. The van der Waals surface area contributed by atoms with E-state index in [0.29, 0.717) is 16.5 Å². The second-order valence-electron chi connectivity index (χ2n) is 7.93. The maximum Gasteiger partial charge on any atom is 0.265 e. The number of hydrogen-bond acceptors (Lipinski definition) is 4. The first-order chi connectivity index (χ1) is 13.1. The van der Waals surface area contributed by atoms with Gasteiger partial charge in [0.2, 0.25) is 0 Å². The first kappa shape index (κ1) is 20.6. The Morgan fingerprint density at radius 3 is 2.71 bits per heavy atom. The second kappa shape index (κ2) is 7.33. The first-order valence-corrected chi connectivity index (χ1v) is 9.92. The molecule has 28 heavy (non-hydrogen) atoms. The lowest BCUT2D eigenvalue weighted by Crippen LogP contribution is -2.53. The van der Waals surface area contributed by atoms with Crippen LogP contribution in [0.5, 0.6) is 0 Å². The van der Waals surface area contributed by atoms with Crippen molar-refractivity contribution in [3.05, 3.63) is 46.5 Å². The summed E-state index contributed by atoms with van der Waals surface area (Å²) in [4.78, 5) is 28.7. The van der Waals surface area contributed by atoms with E-state index in [2.05, 4.69) is 44.6 Å². The van der Waals surface area contributed by atoms with E-state index in [0.717, 1.165) is 17.7 Å². The Labute approximate surface area is 176 Å². The van der Waals surface area contributed by atoms with E-state index in [1.165, 1.54) is 4.90 Å². The summed E-state index contributed by atoms with van der Waals surface area (Å²) in [6.07, 6.45) is 4.10. The number of benzene rings is 1. The molecule has 0 saturated carbocycles. The van der Waals surface area contributed by atoms with E-state index in [1.807, 2.05) is 12.1 Å². The van der Waals surface area contributed by atoms with E-state index in [1.54, 1.807) is 12.2 Å². The summed E-state index contributed by atoms with van der Waals surface area (Å²) in [5, 5.41) is 3.13. The summed E-state index contributed by atoms with van der Waals surface area (Å²) in [6, 6.07) is 3.89. The molecule has 7 heteroatoms. The lowest BCUT2D eigenvalue weighted by Gasteiger charge is -2.45. The third kappa shape index (κ3) is 3.47. The molecule has 1 aromatic carbocycles. The van der Waals surface area contributed by atoms with Crippen LogP contribution in [-0.4, -0.2) is 41.0 Å². The molecule has 3 rings (SSSR count). The molecule has 0 bridgehead atoms. The van der Waals surface area contributed by atoms with Gasteiger partial charge in [0, 0.05) is 29.8 Å². The van der Waals surface area contributed by atoms with Gasteiger partial charge in [0.1, 0.15) is 5.57 Å². The van der Waals surface area contributed by atoms with Crippen LogP contribution in [0.15, 0.2) is 30.4 Å². The fourth-order valence-electron chi connectivity index (χ4n) is 3.86. The van der Waals surface area contributed by atoms with Crippen molar-refractivity contribution in [2.24, 2.45) is 0 Å². The minimum Gasteiger partial charge on any atom is -0.369 e. The van der Waals surface area contributed by atoms with Crippen molar-refractivity contribution in [2.45, 2.75) is 38.6 Å². The maximum atomic E-state index is 12.8. The molecule has 1 fully saturated rings. The summed E-state index contributed by atoms with van der Waals surface area (Å²) in [5.74, 6) is -0.638. The molecule has 0 spiro atoms. The van der Waals surface area contributed by atoms with Gasteiger partial charge in [-0.15, -0.1) is 6.58 Å². The predicted molar refractivity (Wildman–Crippen MR) is 118 cm³/mol. The van der Waals surface area contributed by atoms with Crippen LogP contribution < -0.4 is 10.2 Å². The molecule has 2 heterocycles. The fourth-order valence-corrected chi connectivity index (χ4v) is 4.32. The van der Waals surface area contributed by atoms with E-state index in [-0.39, 0.29) is 22.8 Å². The number of nitrogens with zero attached hydrogens (tertiary/aromatic N) is 2. The van der Waals surface area contributed by atoms with Gasteiger partial charge >= 0.3 is 0 Å². The van der Waals surface area contributed by atoms with Gasteiger partial charge in [0.25, 0.3) is 11.8 Å². The number of hydrogen-bond donors (Lipinski definition) is 1. The second-order valence-corrected chi connectivity index (χ2v) is 8.72. The smallest absolute Gasteiger partial charge is 0.265 e. The number of thiocarbonyl (C=S) groups is 1. The van der Waals surface area contributed by atoms with Crippen molar-refractivity contribution >= 4 is 52.5 Å². The van der Waals surface area contributed by atoms with Crippen molar-refractivity contribution in [3.63, 3.8) is 0 Å². The van der Waals surface area contributed by atoms with Crippen LogP contribution in [-0.2, 0) is 9.59 Å². The van der Waals surface area contributed by atoms with E-state index < -0.39 is 11.8 Å². The SMILES string of the molecule is C=CCN1C(=O)/C(=C\c2cc3c(cc2Cl)N(C)C(C)(C)C[C@@H]3C)C(=O)NC1=S. The summed E-state index contributed by atoms with van der Waals surface area (Å²) in [6.45, 7) is 10.5. The van der Waals surface area contributed by atoms with Gasteiger partial charge in [-0.25, -0.2) is 0 Å². The molecule has 1 atom stereocenters. The Kier molecular flexibility index (Phi) is 5.38. The molecule has 0 radical (unpaired) electrons. The van der Waals surface area contributed by atoms with Crippen LogP contribution in [0.3, 0.4) is 0 Å². The van der Waals surface area contributed by atoms with Gasteiger partial charge in [-0.3, -0.25) is 19.8 Å². The monoisotopic (exact) mass is 417 g/mol. The molecule has 2 amide bonds. The van der Waals surface area contributed by atoms with E-state index >= 15 is 0 Å². The Morgan fingerprint density at radius 2 is 2.07 bits per heavy atom. The molecule has 1 saturated heterocycles. The third-order valence-electron chi connectivity index (χ3n) is 5.55. The third-order valence-corrected chi connectivity index (χ3v) is 6.20. The fraction of sp³-hybridized carbons (Fsp3) is 0.381. The van der Waals surface area contributed by atoms with E-state index in [9.17, 15) is 9.59 Å². The normalized spacial score (nSPS) is 23.0. The number of anilines is 1. The van der Waals surface area contributed by atoms with Crippen molar-refractivity contribution in [3.8, 4) is 0 Å². The van der Waals surface area contributed by atoms with Crippen molar-refractivity contribution < 1.29 is 9.59 Å². The van der Waals surface area contributed by atoms with Crippen molar-refractivity contribution in [1.29, 1.82) is 0 Å². The molecule has 2 aliphatic heterocycles. The molecule has 1 N–H and O–H groups in total. The van der Waals surface area contributed by atoms with Gasteiger partial charge < -0.3 is 4.90 Å². The van der Waals surface area contributed by atoms with Crippen LogP contribution in [0.2, 0.25) is 5.02 Å². The average Bonchev–Trinajstić information content (AvgIpc) is 2.60. The lowest BCUT2D eigenvalue weighted by atomic mass is 9.80. The Morgan fingerprint density at radius 1 is 1.39 bits per heavy atom. The number of halogens is 1. The van der Waals surface area contributed by atoms with Gasteiger partial charge in [0.15, 0.2) is 5.11 Å². The van der Waals surface area contributed by atoms with Crippen LogP contribution in [0.4, 0.5) is 5.69 Å². The molecule has 0 unspecified atom stereocenters. The zero-order chi connectivity index (χ0) is 20.8. The molecule has 5 nitrogen and oxygen atoms in total. The zero-order valence-corrected chi connectivity index (χ0v) is 18.1. The number of fused-ring (bicyclic) bond motifs is 1. The number of rotatable bonds is 3. The van der Waals surface area contributed by atoms with Crippen LogP contribution in [0.1, 0.15) is 44.2 Å². The molecule has 0 aromatic heterocycles. The summed E-state index contributed by atoms with van der Waals surface area (Å²) < 4.78 is 0. The summed E-state index contributed by atoms with van der Waals surface area (Å²) in [5.41, 5.74) is 2.90. The van der Waals surface area contributed by atoms with Crippen LogP contribution in [0, 0.1) is 0 Å². The summed E-state index contributed by atoms with van der Waals surface area (Å²) >= 11 is 11.6. The first-order valence-electron chi connectivity index (χ1n) is 9.14. The highest BCUT2D eigenvalue weighted by molar-refractivity contribution is 7.80. The van der Waals surface area contributed by atoms with Crippen molar-refractivity contribution in [1.82, 2.24) is 10.2 Å². The Hall–Kier alpha value is -2.18. The average molecular weight is 418 g/mol. The molecule has 1 aromatic rings. The van der Waals surface area contributed by atoms with Gasteiger partial charge in [-0.05, 0) is 67.7 Å². The number of carbonyl (C=O) groups excluding carboxylic acids is 2. The number of amides is 2. The highest BCUT2D eigenvalue weighted by Gasteiger charge is 2.36. The molecule has 148 valence electrons. The Balaban J connectivity index is 2.06. The van der Waals surface area contributed by atoms with Gasteiger partial charge in [0.05, 0.1) is 0 Å². The zero-order valence-electron chi connectivity index (χ0n) is 16.5.